The van der Waals surface area contributed by atoms with E-state index in [9.17, 15) is 4.79 Å². The van der Waals surface area contributed by atoms with Gasteiger partial charge in [-0.1, -0.05) is 13.3 Å². The maximum atomic E-state index is 11.5. The highest BCUT2D eigenvalue weighted by Gasteiger charge is 2.18. The van der Waals surface area contributed by atoms with Crippen LogP contribution in [-0.2, 0) is 0 Å². The summed E-state index contributed by atoms with van der Waals surface area (Å²) in [7, 11) is 2.10. The van der Waals surface area contributed by atoms with Crippen LogP contribution in [0.15, 0.2) is 0 Å². The van der Waals surface area contributed by atoms with Gasteiger partial charge < -0.3 is 15.5 Å². The number of rotatable bonds is 4. The first-order chi connectivity index (χ1) is 7.22. The Bertz CT molecular complexity index is 196. The summed E-state index contributed by atoms with van der Waals surface area (Å²) in [5.74, 6) is 0. The van der Waals surface area contributed by atoms with Crippen LogP contribution in [0, 0.1) is 0 Å². The number of urea groups is 1. The monoisotopic (exact) mass is 213 g/mol. The minimum absolute atomic E-state index is 0.0104. The molecule has 2 N–H and O–H groups in total. The number of nitrogens with one attached hydrogen (secondary N) is 2. The van der Waals surface area contributed by atoms with Gasteiger partial charge in [0.2, 0.25) is 0 Å². The van der Waals surface area contributed by atoms with Crippen LogP contribution in [0.4, 0.5) is 4.79 Å². The van der Waals surface area contributed by atoms with Crippen molar-refractivity contribution in [2.75, 3.05) is 26.7 Å². The summed E-state index contributed by atoms with van der Waals surface area (Å²) >= 11 is 0. The third-order valence-electron chi connectivity index (χ3n) is 2.78. The van der Waals surface area contributed by atoms with Crippen LogP contribution in [-0.4, -0.2) is 43.7 Å². The molecule has 2 amide bonds. The molecule has 0 aromatic carbocycles. The third-order valence-corrected chi connectivity index (χ3v) is 2.78. The van der Waals surface area contributed by atoms with E-state index in [-0.39, 0.29) is 6.03 Å². The first-order valence-corrected chi connectivity index (χ1v) is 5.95. The first kappa shape index (κ1) is 12.3. The van der Waals surface area contributed by atoms with Crippen LogP contribution < -0.4 is 10.6 Å². The molecule has 1 fully saturated rings. The number of likely N-dealkylation sites (N-methyl/N-ethyl adjacent to an activating group) is 1. The summed E-state index contributed by atoms with van der Waals surface area (Å²) in [5, 5.41) is 5.89. The van der Waals surface area contributed by atoms with Crippen molar-refractivity contribution in [2.24, 2.45) is 0 Å². The number of amides is 2. The van der Waals surface area contributed by atoms with Gasteiger partial charge in [-0.05, 0) is 32.9 Å². The predicted molar refractivity (Wildman–Crippen MR) is 62.0 cm³/mol. The Morgan fingerprint density at radius 3 is 3.00 bits per heavy atom. The van der Waals surface area contributed by atoms with Gasteiger partial charge in [-0.25, -0.2) is 4.79 Å². The predicted octanol–water partition coefficient (Wildman–Crippen LogP) is 1.18. The summed E-state index contributed by atoms with van der Waals surface area (Å²) in [6.07, 6.45) is 4.45. The topological polar surface area (TPSA) is 44.4 Å². The summed E-state index contributed by atoms with van der Waals surface area (Å²) in [5.41, 5.74) is 0. The lowest BCUT2D eigenvalue weighted by atomic mass is 10.1. The lowest BCUT2D eigenvalue weighted by Crippen LogP contribution is -2.49. The fourth-order valence-corrected chi connectivity index (χ4v) is 1.90. The second kappa shape index (κ2) is 6.67. The van der Waals surface area contributed by atoms with Gasteiger partial charge in [-0.2, -0.15) is 0 Å². The van der Waals surface area contributed by atoms with E-state index in [2.05, 4.69) is 29.5 Å². The number of carbonyl (C=O) groups excluding carboxylic acids is 1. The van der Waals surface area contributed by atoms with E-state index in [1.54, 1.807) is 0 Å². The molecule has 0 saturated carbocycles. The van der Waals surface area contributed by atoms with Crippen LogP contribution in [0.5, 0.6) is 0 Å². The standard InChI is InChI=1S/C11H23N3O/c1-3-4-7-12-11(15)13-10-6-5-8-14(2)9-10/h10H,3-9H2,1-2H3,(H2,12,13,15). The van der Waals surface area contributed by atoms with Gasteiger partial charge >= 0.3 is 6.03 Å². The highest BCUT2D eigenvalue weighted by Crippen LogP contribution is 2.07. The molecular weight excluding hydrogens is 190 g/mol. The highest BCUT2D eigenvalue weighted by molar-refractivity contribution is 5.74. The number of nitrogens with zero attached hydrogens (tertiary/aromatic N) is 1. The molecule has 0 bridgehead atoms. The van der Waals surface area contributed by atoms with Crippen molar-refractivity contribution in [3.05, 3.63) is 0 Å². The molecule has 1 rings (SSSR count). The Morgan fingerprint density at radius 1 is 1.53 bits per heavy atom. The van der Waals surface area contributed by atoms with Crippen LogP contribution in [0.2, 0.25) is 0 Å². The maximum Gasteiger partial charge on any atom is 0.315 e. The number of hydrogen-bond donors (Lipinski definition) is 2. The summed E-state index contributed by atoms with van der Waals surface area (Å²) in [6.45, 7) is 5.03. The molecule has 1 aliphatic rings. The number of unbranched alkanes of at least 4 members (excludes halogenated alkanes) is 1. The molecule has 0 aromatic rings. The van der Waals surface area contributed by atoms with E-state index < -0.39 is 0 Å². The van der Waals surface area contributed by atoms with Crippen LogP contribution in [0.1, 0.15) is 32.6 Å². The average molecular weight is 213 g/mol. The molecule has 1 saturated heterocycles. The summed E-state index contributed by atoms with van der Waals surface area (Å²) < 4.78 is 0. The van der Waals surface area contributed by atoms with Gasteiger partial charge in [-0.15, -0.1) is 0 Å². The highest BCUT2D eigenvalue weighted by atomic mass is 16.2. The van der Waals surface area contributed by atoms with Gasteiger partial charge in [0.25, 0.3) is 0 Å². The molecular formula is C11H23N3O. The van der Waals surface area contributed by atoms with Crippen LogP contribution in [0.3, 0.4) is 0 Å². The van der Waals surface area contributed by atoms with E-state index in [4.69, 9.17) is 0 Å². The van der Waals surface area contributed by atoms with Crippen molar-refractivity contribution in [3.8, 4) is 0 Å². The summed E-state index contributed by atoms with van der Waals surface area (Å²) in [4.78, 5) is 13.7. The van der Waals surface area contributed by atoms with Crippen LogP contribution >= 0.6 is 0 Å². The quantitative estimate of drug-likeness (QED) is 0.689. The molecule has 0 radical (unpaired) electrons. The fourth-order valence-electron chi connectivity index (χ4n) is 1.90. The van der Waals surface area contributed by atoms with Crippen molar-refractivity contribution >= 4 is 6.03 Å². The normalized spacial score (nSPS) is 22.4. The lowest BCUT2D eigenvalue weighted by Gasteiger charge is -2.30. The largest absolute Gasteiger partial charge is 0.338 e. The Labute approximate surface area is 92.4 Å². The van der Waals surface area contributed by atoms with E-state index in [0.29, 0.717) is 6.04 Å². The molecule has 1 atom stereocenters. The smallest absolute Gasteiger partial charge is 0.315 e. The molecule has 1 aliphatic heterocycles. The fraction of sp³-hybridized carbons (Fsp3) is 0.909. The zero-order valence-electron chi connectivity index (χ0n) is 9.88. The Kier molecular flexibility index (Phi) is 5.47. The number of piperidine rings is 1. The Hall–Kier alpha value is -0.770. The van der Waals surface area contributed by atoms with E-state index in [1.165, 1.54) is 6.42 Å². The molecule has 0 aliphatic carbocycles. The second-order valence-corrected chi connectivity index (χ2v) is 4.36. The molecule has 1 heterocycles. The van der Waals surface area contributed by atoms with E-state index >= 15 is 0 Å². The van der Waals surface area contributed by atoms with Crippen molar-refractivity contribution in [2.45, 2.75) is 38.6 Å². The Morgan fingerprint density at radius 2 is 2.33 bits per heavy atom. The lowest BCUT2D eigenvalue weighted by molar-refractivity contribution is 0.209. The minimum atomic E-state index is -0.0104. The van der Waals surface area contributed by atoms with Gasteiger partial charge in [0.1, 0.15) is 0 Å². The molecule has 15 heavy (non-hydrogen) atoms. The SMILES string of the molecule is CCCCNC(=O)NC1CCCN(C)C1. The second-order valence-electron chi connectivity index (χ2n) is 4.36. The average Bonchev–Trinajstić information content (AvgIpc) is 2.18. The number of carbonyl (C=O) groups is 1. The zero-order valence-corrected chi connectivity index (χ0v) is 9.88. The Balaban J connectivity index is 2.13. The molecule has 88 valence electrons. The number of hydrogen-bond acceptors (Lipinski definition) is 2. The molecule has 4 nitrogen and oxygen atoms in total. The van der Waals surface area contributed by atoms with E-state index in [0.717, 1.165) is 38.9 Å². The van der Waals surface area contributed by atoms with Gasteiger partial charge in [0, 0.05) is 19.1 Å². The van der Waals surface area contributed by atoms with Gasteiger partial charge in [0.05, 0.1) is 0 Å². The van der Waals surface area contributed by atoms with E-state index in [1.807, 2.05) is 0 Å². The number of likely N-dealkylation sites (tertiary alicyclic amines) is 1. The van der Waals surface area contributed by atoms with Gasteiger partial charge in [0.15, 0.2) is 0 Å². The maximum absolute atomic E-state index is 11.5. The molecule has 4 heteroatoms. The third kappa shape index (κ3) is 5.02. The molecule has 0 aromatic heterocycles. The van der Waals surface area contributed by atoms with Crippen molar-refractivity contribution in [1.82, 2.24) is 15.5 Å². The van der Waals surface area contributed by atoms with Crippen LogP contribution in [0.25, 0.3) is 0 Å². The van der Waals surface area contributed by atoms with Crippen molar-refractivity contribution in [1.29, 1.82) is 0 Å². The first-order valence-electron chi connectivity index (χ1n) is 5.95. The van der Waals surface area contributed by atoms with Crippen molar-refractivity contribution < 1.29 is 4.79 Å². The van der Waals surface area contributed by atoms with Gasteiger partial charge in [-0.3, -0.25) is 0 Å². The summed E-state index contributed by atoms with van der Waals surface area (Å²) in [6, 6.07) is 0.314. The molecule has 1 unspecified atom stereocenters. The zero-order chi connectivity index (χ0) is 11.1. The molecule has 0 spiro atoms. The van der Waals surface area contributed by atoms with Crippen molar-refractivity contribution in [3.63, 3.8) is 0 Å². The minimum Gasteiger partial charge on any atom is -0.338 e.